The number of hydrogen-bond donors (Lipinski definition) is 0. The Morgan fingerprint density at radius 1 is 0.885 bits per heavy atom. The number of furan rings is 1. The summed E-state index contributed by atoms with van der Waals surface area (Å²) in [5, 5.41) is 1.75. The van der Waals surface area contributed by atoms with Crippen LogP contribution in [-0.4, -0.2) is 32.8 Å². The van der Waals surface area contributed by atoms with Crippen molar-refractivity contribution in [2.45, 2.75) is 77.4 Å². The van der Waals surface area contributed by atoms with E-state index in [2.05, 4.69) is 95.0 Å². The van der Waals surface area contributed by atoms with Crippen molar-refractivity contribution in [1.29, 1.82) is 0 Å². The monoisotopic (exact) mass is 1050 g/mol. The number of para-hydroxylation sites is 2. The van der Waals surface area contributed by atoms with Gasteiger partial charge in [-0.1, -0.05) is 85.8 Å². The van der Waals surface area contributed by atoms with Crippen LogP contribution in [0.3, 0.4) is 0 Å². The third-order valence-electron chi connectivity index (χ3n) is 10.4. The summed E-state index contributed by atoms with van der Waals surface area (Å²) in [6, 6.07) is 38.1. The number of nitrogens with zero attached hydrogens (tertiary/aromatic N) is 4. The maximum absolute atomic E-state index is 8.61. The summed E-state index contributed by atoms with van der Waals surface area (Å²) in [5.74, 6) is 7.02. The predicted octanol–water partition coefficient (Wildman–Crippen LogP) is 13.7. The molecule has 0 saturated heterocycles. The van der Waals surface area contributed by atoms with Gasteiger partial charge in [0.2, 0.25) is 5.71 Å². The standard InChI is InChI=1S/C35H28N3O.C19H26GeN.Ir/c1-22-12-14-23(15-13-22)26-20-21-36-34-31(26)27-8-7-9-28(32(27)39-34)33-37-29-10-5-6-11-30(29)38(33)25-18-16-24(17-19-25)35(2,3)4;1-14(2)11-17-12-19(16-9-7-15(3)8-10-16)21-13-18(17)20(4,5)6;/h5-8,10-21H,1-4H3;7-9,12-14H,11H2,1-6H3;/q2*-1;/i1D3;3D3,7D,8D,11D2;. The fourth-order valence-corrected chi connectivity index (χ4v) is 10.3. The van der Waals surface area contributed by atoms with Gasteiger partial charge in [-0.15, -0.1) is 18.2 Å². The molecule has 0 unspecified atom stereocenters. The second-order valence-corrected chi connectivity index (χ2v) is 27.9. The van der Waals surface area contributed by atoms with Crippen molar-refractivity contribution in [1.82, 2.24) is 19.5 Å². The van der Waals surface area contributed by atoms with E-state index in [-0.39, 0.29) is 49.1 Å². The third kappa shape index (κ3) is 9.23. The van der Waals surface area contributed by atoms with E-state index in [0.29, 0.717) is 33.7 Å². The van der Waals surface area contributed by atoms with Gasteiger partial charge in [-0.05, 0) is 59.3 Å². The molecule has 0 aliphatic carbocycles. The van der Waals surface area contributed by atoms with E-state index >= 15 is 0 Å². The zero-order valence-electron chi connectivity index (χ0n) is 45.6. The van der Waals surface area contributed by atoms with Crippen LogP contribution < -0.4 is 4.40 Å². The number of pyridine rings is 2. The average molecular weight is 1050 g/mol. The molecular weight excluding hydrogens is 985 g/mol. The molecule has 0 bridgehead atoms. The summed E-state index contributed by atoms with van der Waals surface area (Å²) in [6.07, 6.45) is 1.87. The Kier molecular flexibility index (Phi) is 9.44. The van der Waals surface area contributed by atoms with Gasteiger partial charge in [-0.3, -0.25) is 4.98 Å². The first kappa shape index (κ1) is 32.6. The van der Waals surface area contributed by atoms with Crippen LogP contribution in [0.2, 0.25) is 17.3 Å². The largest absolute Gasteiger partial charge is 0 e. The fourth-order valence-electron chi connectivity index (χ4n) is 7.40. The van der Waals surface area contributed by atoms with Crippen molar-refractivity contribution in [2.75, 3.05) is 0 Å². The molecule has 61 heavy (non-hydrogen) atoms. The first-order valence-electron chi connectivity index (χ1n) is 25.1. The number of hydrogen-bond acceptors (Lipinski definition) is 4. The minimum absolute atomic E-state index is 0. The molecule has 311 valence electrons. The van der Waals surface area contributed by atoms with Crippen LogP contribution >= 0.6 is 0 Å². The molecule has 0 N–H and O–H groups in total. The van der Waals surface area contributed by atoms with Crippen molar-refractivity contribution >= 4 is 50.8 Å². The maximum Gasteiger partial charge on any atom is 0 e. The van der Waals surface area contributed by atoms with E-state index in [9.17, 15) is 0 Å². The average Bonchev–Trinajstić information content (AvgIpc) is 3.87. The Morgan fingerprint density at radius 3 is 2.33 bits per heavy atom. The van der Waals surface area contributed by atoms with E-state index in [4.69, 9.17) is 23.1 Å². The fraction of sp³-hybridized carbons (Fsp3) is 0.241. The quantitative estimate of drug-likeness (QED) is 0.118. The van der Waals surface area contributed by atoms with Crippen LogP contribution in [0, 0.1) is 31.8 Å². The van der Waals surface area contributed by atoms with Gasteiger partial charge in [0.25, 0.3) is 0 Å². The van der Waals surface area contributed by atoms with Crippen LogP contribution in [0.1, 0.15) is 70.6 Å². The van der Waals surface area contributed by atoms with E-state index in [1.807, 2.05) is 62.4 Å². The van der Waals surface area contributed by atoms with E-state index < -0.39 is 33.3 Å². The van der Waals surface area contributed by atoms with Crippen molar-refractivity contribution in [3.63, 3.8) is 0 Å². The summed E-state index contributed by atoms with van der Waals surface area (Å²) in [7, 11) is 0. The van der Waals surface area contributed by atoms with Crippen LogP contribution in [0.15, 0.2) is 132 Å². The topological polar surface area (TPSA) is 56.7 Å². The Bertz CT molecular complexity index is 3380. The molecular formula is C54H54GeIrN4O-2. The molecule has 4 heterocycles. The van der Waals surface area contributed by atoms with Crippen LogP contribution in [0.5, 0.6) is 0 Å². The predicted molar refractivity (Wildman–Crippen MR) is 254 cm³/mol. The Morgan fingerprint density at radius 2 is 1.64 bits per heavy atom. The summed E-state index contributed by atoms with van der Waals surface area (Å²) in [4.78, 5) is 14.1. The van der Waals surface area contributed by atoms with E-state index in [1.165, 1.54) is 11.6 Å². The Labute approximate surface area is 391 Å². The summed E-state index contributed by atoms with van der Waals surface area (Å²) in [6.45, 7) is 5.59. The molecule has 9 aromatic rings. The summed E-state index contributed by atoms with van der Waals surface area (Å²) >= 11 is -2.42. The zero-order valence-corrected chi connectivity index (χ0v) is 40.1. The molecule has 0 saturated carbocycles. The van der Waals surface area contributed by atoms with Crippen molar-refractivity contribution in [3.05, 3.63) is 162 Å². The van der Waals surface area contributed by atoms with Crippen LogP contribution in [0.25, 0.3) is 72.6 Å². The molecule has 7 heteroatoms. The molecule has 5 aromatic carbocycles. The molecule has 0 aliphatic heterocycles. The minimum Gasteiger partial charge on any atom is 0 e. The minimum atomic E-state index is -2.55. The molecule has 5 nitrogen and oxygen atoms in total. The molecule has 0 spiro atoms. The SMILES string of the molecule is [2H]C([2H])([2H])c1ccc(-c2ccnc3oc4c(-c5nc6ccccc6n5-c5ccc(C(C)(C)C)cc5)[c-]ccc4c23)cc1.[2H]c1[c-]c(-c2cc(C([2H])([2H])C(C)C)[c]([Ge]([CH3])([CH3])[CH3])cn2)cc([2H])c1C([2H])([2H])[2H].[Ir]. The number of fused-ring (bicyclic) bond motifs is 4. The van der Waals surface area contributed by atoms with Gasteiger partial charge in [0, 0.05) is 41.5 Å². The van der Waals surface area contributed by atoms with Gasteiger partial charge in [0.15, 0.2) is 0 Å². The number of rotatable bonds is 7. The third-order valence-corrected chi connectivity index (χ3v) is 14.6. The second-order valence-electron chi connectivity index (χ2n) is 17.4. The van der Waals surface area contributed by atoms with Gasteiger partial charge in [-0.25, -0.2) is 4.98 Å². The Balaban J connectivity index is 0.000000224. The van der Waals surface area contributed by atoms with E-state index in [0.717, 1.165) is 54.4 Å². The molecule has 9 rings (SSSR count). The van der Waals surface area contributed by atoms with Crippen molar-refractivity contribution < 1.29 is 38.2 Å². The first-order chi connectivity index (χ1) is 32.7. The zero-order chi connectivity index (χ0) is 50.9. The van der Waals surface area contributed by atoms with Gasteiger partial charge < -0.3 is 8.98 Å². The molecule has 0 amide bonds. The Hall–Kier alpha value is -5.14. The van der Waals surface area contributed by atoms with Gasteiger partial charge in [0.05, 0.1) is 22.4 Å². The van der Waals surface area contributed by atoms with Crippen LogP contribution in [0.4, 0.5) is 0 Å². The smallest absolute Gasteiger partial charge is 0 e. The maximum atomic E-state index is 8.61. The molecule has 0 fully saturated rings. The normalized spacial score (nSPS) is 14.9. The number of imidazole rings is 1. The second kappa shape index (κ2) is 17.7. The summed E-state index contributed by atoms with van der Waals surface area (Å²) in [5.41, 5.74) is 9.15. The van der Waals surface area contributed by atoms with Gasteiger partial charge in [-0.2, -0.15) is 0 Å². The van der Waals surface area contributed by atoms with Crippen LogP contribution in [-0.2, 0) is 31.9 Å². The summed E-state index contributed by atoms with van der Waals surface area (Å²) < 4.78 is 88.5. The molecule has 1 radical (unpaired) electrons. The van der Waals surface area contributed by atoms with Gasteiger partial charge in [0.1, 0.15) is 0 Å². The molecule has 0 atom stereocenters. The van der Waals surface area contributed by atoms with Crippen molar-refractivity contribution in [2.24, 2.45) is 5.92 Å². The molecule has 4 aromatic heterocycles. The first-order valence-corrected chi connectivity index (χ1v) is 27.5. The number of benzene rings is 5. The van der Waals surface area contributed by atoms with E-state index in [1.54, 1.807) is 30.6 Å². The van der Waals surface area contributed by atoms with Crippen molar-refractivity contribution in [3.8, 4) is 39.5 Å². The number of aryl methyl sites for hydroxylation is 1. The molecule has 0 aliphatic rings. The number of aromatic nitrogens is 4. The van der Waals surface area contributed by atoms with Gasteiger partial charge >= 0.3 is 141 Å².